The van der Waals surface area contributed by atoms with Crippen molar-refractivity contribution in [1.82, 2.24) is 0 Å². The summed E-state index contributed by atoms with van der Waals surface area (Å²) < 4.78 is 16.8. The maximum Gasteiger partial charge on any atom is 0.306 e. The van der Waals surface area contributed by atoms with Crippen LogP contribution in [0.1, 0.15) is 265 Å². The minimum Gasteiger partial charge on any atom is -0.462 e. The summed E-state index contributed by atoms with van der Waals surface area (Å²) in [4.78, 5) is 38.0. The zero-order chi connectivity index (χ0) is 47.2. The van der Waals surface area contributed by atoms with E-state index in [1.54, 1.807) is 0 Å². The highest BCUT2D eigenvalue weighted by molar-refractivity contribution is 5.71. The van der Waals surface area contributed by atoms with E-state index in [9.17, 15) is 14.4 Å². The fourth-order valence-corrected chi connectivity index (χ4v) is 7.59. The van der Waals surface area contributed by atoms with Crippen LogP contribution in [0.15, 0.2) is 72.9 Å². The first kappa shape index (κ1) is 61.9. The van der Waals surface area contributed by atoms with E-state index in [1.165, 1.54) is 141 Å². The van der Waals surface area contributed by atoms with E-state index in [1.807, 2.05) is 0 Å². The number of carbonyl (C=O) groups is 3. The number of esters is 3. The topological polar surface area (TPSA) is 78.9 Å². The van der Waals surface area contributed by atoms with Crippen LogP contribution in [-0.4, -0.2) is 37.2 Å². The molecular formula is C59H102O6. The largest absolute Gasteiger partial charge is 0.462 e. The Morgan fingerprint density at radius 1 is 0.323 bits per heavy atom. The van der Waals surface area contributed by atoms with Gasteiger partial charge in [0, 0.05) is 19.3 Å². The van der Waals surface area contributed by atoms with Crippen molar-refractivity contribution in [3.63, 3.8) is 0 Å². The number of ether oxygens (including phenoxy) is 3. The molecule has 6 heteroatoms. The van der Waals surface area contributed by atoms with Crippen molar-refractivity contribution in [3.05, 3.63) is 72.9 Å². The third-order valence-corrected chi connectivity index (χ3v) is 11.7. The summed E-state index contributed by atoms with van der Waals surface area (Å²) in [5, 5.41) is 0. The fourth-order valence-electron chi connectivity index (χ4n) is 7.59. The van der Waals surface area contributed by atoms with E-state index < -0.39 is 6.10 Å². The Morgan fingerprint density at radius 2 is 0.615 bits per heavy atom. The van der Waals surface area contributed by atoms with Crippen molar-refractivity contribution >= 4 is 17.9 Å². The van der Waals surface area contributed by atoms with Gasteiger partial charge >= 0.3 is 17.9 Å². The van der Waals surface area contributed by atoms with Crippen LogP contribution < -0.4 is 0 Å². The van der Waals surface area contributed by atoms with Gasteiger partial charge in [0.2, 0.25) is 0 Å². The molecule has 0 aromatic heterocycles. The number of hydrogen-bond donors (Lipinski definition) is 0. The van der Waals surface area contributed by atoms with Crippen molar-refractivity contribution < 1.29 is 28.6 Å². The highest BCUT2D eigenvalue weighted by Crippen LogP contribution is 2.15. The summed E-state index contributed by atoms with van der Waals surface area (Å²) in [5.41, 5.74) is 0. The number of unbranched alkanes of at least 4 members (excludes halogenated alkanes) is 26. The van der Waals surface area contributed by atoms with Gasteiger partial charge in [-0.25, -0.2) is 0 Å². The molecule has 0 N–H and O–H groups in total. The van der Waals surface area contributed by atoms with Gasteiger partial charge in [-0.15, -0.1) is 0 Å². The standard InChI is InChI=1S/C59H102O6/c1-4-7-10-13-16-19-22-25-27-29-31-34-36-39-42-45-48-51-57(60)63-54-56(65-59(62)53-50-47-44-41-38-33-24-21-18-15-12-9-6-3)55-64-58(61)52-49-46-43-40-37-35-32-30-28-26-23-20-17-14-11-8-5-2/h7,10,16,19,25-28,31,34,39,42,56H,4-6,8-9,11-15,17-18,20-24,29-30,32-33,35-38,40-41,43-55H2,1-3H3/b10-7-,19-16-,27-25-,28-26-,34-31-,42-39-/t56-/m1/s1. The van der Waals surface area contributed by atoms with Crippen LogP contribution in [0.5, 0.6) is 0 Å². The zero-order valence-corrected chi connectivity index (χ0v) is 42.7. The summed E-state index contributed by atoms with van der Waals surface area (Å²) in [5.74, 6) is -0.951. The summed E-state index contributed by atoms with van der Waals surface area (Å²) >= 11 is 0. The van der Waals surface area contributed by atoms with Gasteiger partial charge in [-0.05, 0) is 83.5 Å². The van der Waals surface area contributed by atoms with Crippen molar-refractivity contribution in [2.75, 3.05) is 13.2 Å². The molecule has 0 saturated heterocycles. The van der Waals surface area contributed by atoms with E-state index in [4.69, 9.17) is 14.2 Å². The van der Waals surface area contributed by atoms with Crippen LogP contribution >= 0.6 is 0 Å². The SMILES string of the molecule is CC/C=C\C/C=C\C/C=C\C/C=C\C/C=C\CCCC(=O)OC[C@H](COC(=O)CCCCCCCCC/C=C\CCCCCCCC)OC(=O)CCCCCCCCCCCCCCC. The molecule has 65 heavy (non-hydrogen) atoms. The van der Waals surface area contributed by atoms with E-state index in [2.05, 4.69) is 93.7 Å². The summed E-state index contributed by atoms with van der Waals surface area (Å²) in [7, 11) is 0. The Morgan fingerprint density at radius 3 is 1.02 bits per heavy atom. The van der Waals surface area contributed by atoms with Crippen LogP contribution in [0.2, 0.25) is 0 Å². The molecule has 0 saturated carbocycles. The lowest BCUT2D eigenvalue weighted by Gasteiger charge is -2.18. The van der Waals surface area contributed by atoms with Crippen LogP contribution in [0.4, 0.5) is 0 Å². The third-order valence-electron chi connectivity index (χ3n) is 11.7. The quantitative estimate of drug-likeness (QED) is 0.0262. The smallest absolute Gasteiger partial charge is 0.306 e. The summed E-state index contributed by atoms with van der Waals surface area (Å²) in [6.45, 7) is 6.48. The Hall–Kier alpha value is -3.15. The summed E-state index contributed by atoms with van der Waals surface area (Å²) in [6, 6.07) is 0. The molecule has 0 aliphatic carbocycles. The maximum absolute atomic E-state index is 12.8. The molecule has 0 radical (unpaired) electrons. The van der Waals surface area contributed by atoms with Gasteiger partial charge < -0.3 is 14.2 Å². The van der Waals surface area contributed by atoms with Gasteiger partial charge in [0.15, 0.2) is 6.10 Å². The lowest BCUT2D eigenvalue weighted by molar-refractivity contribution is -0.167. The molecule has 0 amide bonds. The van der Waals surface area contributed by atoms with E-state index >= 15 is 0 Å². The van der Waals surface area contributed by atoms with Gasteiger partial charge in [0.1, 0.15) is 13.2 Å². The highest BCUT2D eigenvalue weighted by atomic mass is 16.6. The monoisotopic (exact) mass is 907 g/mol. The number of hydrogen-bond acceptors (Lipinski definition) is 6. The van der Waals surface area contributed by atoms with Gasteiger partial charge in [-0.2, -0.15) is 0 Å². The van der Waals surface area contributed by atoms with E-state index in [0.29, 0.717) is 19.3 Å². The van der Waals surface area contributed by atoms with Crippen LogP contribution in [0.25, 0.3) is 0 Å². The molecule has 0 spiro atoms. The van der Waals surface area contributed by atoms with Crippen molar-refractivity contribution in [1.29, 1.82) is 0 Å². The predicted molar refractivity (Wildman–Crippen MR) is 279 cm³/mol. The van der Waals surface area contributed by atoms with Gasteiger partial charge in [-0.1, -0.05) is 235 Å². The Labute approximate surface area is 402 Å². The molecule has 1 atom stereocenters. The molecule has 0 aliphatic heterocycles. The third kappa shape index (κ3) is 51.7. The van der Waals surface area contributed by atoms with Gasteiger partial charge in [0.25, 0.3) is 0 Å². The molecule has 0 bridgehead atoms. The van der Waals surface area contributed by atoms with Crippen LogP contribution in [-0.2, 0) is 28.6 Å². The van der Waals surface area contributed by atoms with Crippen molar-refractivity contribution in [2.24, 2.45) is 0 Å². The van der Waals surface area contributed by atoms with Crippen LogP contribution in [0.3, 0.4) is 0 Å². The minimum absolute atomic E-state index is 0.0934. The highest BCUT2D eigenvalue weighted by Gasteiger charge is 2.19. The van der Waals surface area contributed by atoms with Crippen molar-refractivity contribution in [3.8, 4) is 0 Å². The average Bonchev–Trinajstić information content (AvgIpc) is 3.30. The number of rotatable bonds is 49. The minimum atomic E-state index is -0.797. The normalized spacial score (nSPS) is 12.6. The van der Waals surface area contributed by atoms with Crippen molar-refractivity contribution in [2.45, 2.75) is 271 Å². The molecule has 0 heterocycles. The predicted octanol–water partition coefficient (Wildman–Crippen LogP) is 18.2. The second-order valence-electron chi connectivity index (χ2n) is 18.1. The molecule has 374 valence electrons. The Bertz CT molecular complexity index is 1230. The first-order valence-electron chi connectivity index (χ1n) is 27.4. The molecule has 6 nitrogen and oxygen atoms in total. The molecule has 0 unspecified atom stereocenters. The Kier molecular flexibility index (Phi) is 50.9. The first-order chi connectivity index (χ1) is 32.0. The zero-order valence-electron chi connectivity index (χ0n) is 42.7. The lowest BCUT2D eigenvalue weighted by atomic mass is 10.0. The average molecular weight is 907 g/mol. The molecular weight excluding hydrogens is 805 g/mol. The number of allylic oxidation sites excluding steroid dienone is 12. The van der Waals surface area contributed by atoms with Gasteiger partial charge in [-0.3, -0.25) is 14.4 Å². The Balaban J connectivity index is 4.44. The van der Waals surface area contributed by atoms with E-state index in [0.717, 1.165) is 77.0 Å². The van der Waals surface area contributed by atoms with Gasteiger partial charge in [0.05, 0.1) is 0 Å². The summed E-state index contributed by atoms with van der Waals surface area (Å²) in [6.07, 6.45) is 67.5. The van der Waals surface area contributed by atoms with Crippen LogP contribution in [0, 0.1) is 0 Å². The number of carbonyl (C=O) groups excluding carboxylic acids is 3. The second kappa shape index (κ2) is 53.5. The fraction of sp³-hybridized carbons (Fsp3) is 0.746. The van der Waals surface area contributed by atoms with E-state index in [-0.39, 0.29) is 37.5 Å². The molecule has 0 rings (SSSR count). The molecule has 0 aliphatic rings. The second-order valence-corrected chi connectivity index (χ2v) is 18.1. The molecule has 0 aromatic carbocycles. The lowest BCUT2D eigenvalue weighted by Crippen LogP contribution is -2.30. The molecule has 0 fully saturated rings. The molecule has 0 aromatic rings. The first-order valence-corrected chi connectivity index (χ1v) is 27.4. The maximum atomic E-state index is 12.8.